The predicted molar refractivity (Wildman–Crippen MR) is 77.9 cm³/mol. The zero-order valence-corrected chi connectivity index (χ0v) is 12.3. The number of primary amides is 1. The molecular formula is C14H23N3OS. The van der Waals surface area contributed by atoms with Crippen LogP contribution >= 0.6 is 11.3 Å². The van der Waals surface area contributed by atoms with Gasteiger partial charge in [0.1, 0.15) is 5.01 Å². The maximum absolute atomic E-state index is 11.2. The van der Waals surface area contributed by atoms with Gasteiger partial charge in [-0.1, -0.05) is 19.3 Å². The molecule has 1 heterocycles. The molecule has 0 radical (unpaired) electrons. The number of amides is 1. The van der Waals surface area contributed by atoms with E-state index in [4.69, 9.17) is 5.73 Å². The lowest BCUT2D eigenvalue weighted by Crippen LogP contribution is -2.40. The zero-order chi connectivity index (χ0) is 13.7. The number of aromatic nitrogens is 1. The minimum absolute atomic E-state index is 0.210. The summed E-state index contributed by atoms with van der Waals surface area (Å²) in [6.07, 6.45) is 6.74. The van der Waals surface area contributed by atoms with E-state index in [1.165, 1.54) is 32.1 Å². The molecule has 4 nitrogen and oxygen atoms in total. The first-order valence-electron chi connectivity index (χ1n) is 7.08. The van der Waals surface area contributed by atoms with Gasteiger partial charge in [-0.3, -0.25) is 4.79 Å². The molecule has 1 amide bonds. The summed E-state index contributed by atoms with van der Waals surface area (Å²) in [5.41, 5.74) is 6.44. The van der Waals surface area contributed by atoms with E-state index in [1.807, 2.05) is 6.92 Å². The number of hydrogen-bond donors (Lipinski definition) is 2. The number of nitrogens with one attached hydrogen (secondary N) is 1. The van der Waals surface area contributed by atoms with Crippen molar-refractivity contribution in [3.63, 3.8) is 0 Å². The Morgan fingerprint density at radius 2 is 2.26 bits per heavy atom. The minimum atomic E-state index is -0.210. The monoisotopic (exact) mass is 281 g/mol. The van der Waals surface area contributed by atoms with Gasteiger partial charge in [-0.25, -0.2) is 4.98 Å². The van der Waals surface area contributed by atoms with Crippen LogP contribution in [0.5, 0.6) is 0 Å². The predicted octanol–water partition coefficient (Wildman–Crippen LogP) is 2.37. The SMILES string of the molecule is Cc1csc(CN[C@H](CC(N)=O)C2CCCCC2)n1. The van der Waals surface area contributed by atoms with Gasteiger partial charge >= 0.3 is 0 Å². The van der Waals surface area contributed by atoms with E-state index >= 15 is 0 Å². The molecule has 5 heteroatoms. The van der Waals surface area contributed by atoms with E-state index in [1.54, 1.807) is 11.3 Å². The molecule has 2 rings (SSSR count). The molecule has 1 aromatic heterocycles. The van der Waals surface area contributed by atoms with Crippen molar-refractivity contribution in [2.24, 2.45) is 11.7 Å². The molecule has 3 N–H and O–H groups in total. The lowest BCUT2D eigenvalue weighted by Gasteiger charge is -2.30. The molecule has 106 valence electrons. The van der Waals surface area contributed by atoms with Crippen molar-refractivity contribution in [3.05, 3.63) is 16.1 Å². The fourth-order valence-corrected chi connectivity index (χ4v) is 3.58. The third-order valence-electron chi connectivity index (χ3n) is 3.82. The molecule has 0 aromatic carbocycles. The van der Waals surface area contributed by atoms with Crippen LogP contribution in [0.3, 0.4) is 0 Å². The van der Waals surface area contributed by atoms with Crippen LogP contribution in [-0.4, -0.2) is 16.9 Å². The van der Waals surface area contributed by atoms with E-state index in [0.717, 1.165) is 17.2 Å². The fraction of sp³-hybridized carbons (Fsp3) is 0.714. The molecule has 1 aliphatic rings. The topological polar surface area (TPSA) is 68.0 Å². The number of thiazole rings is 1. The van der Waals surface area contributed by atoms with Crippen LogP contribution in [0.1, 0.15) is 49.2 Å². The van der Waals surface area contributed by atoms with Gasteiger partial charge in [-0.2, -0.15) is 0 Å². The Balaban J connectivity index is 1.90. The Morgan fingerprint density at radius 3 is 2.84 bits per heavy atom. The van der Waals surface area contributed by atoms with Crippen molar-refractivity contribution in [2.75, 3.05) is 0 Å². The second-order valence-electron chi connectivity index (χ2n) is 5.44. The third kappa shape index (κ3) is 4.58. The van der Waals surface area contributed by atoms with E-state index in [9.17, 15) is 4.79 Å². The maximum atomic E-state index is 11.2. The van der Waals surface area contributed by atoms with Crippen molar-refractivity contribution < 1.29 is 4.79 Å². The molecule has 1 aliphatic carbocycles. The molecule has 19 heavy (non-hydrogen) atoms. The smallest absolute Gasteiger partial charge is 0.218 e. The minimum Gasteiger partial charge on any atom is -0.370 e. The highest BCUT2D eigenvalue weighted by Crippen LogP contribution is 2.28. The average Bonchev–Trinajstić information content (AvgIpc) is 2.81. The zero-order valence-electron chi connectivity index (χ0n) is 11.5. The summed E-state index contributed by atoms with van der Waals surface area (Å²) in [5, 5.41) is 6.64. The van der Waals surface area contributed by atoms with Gasteiger partial charge in [0.2, 0.25) is 5.91 Å². The first-order chi connectivity index (χ1) is 9.15. The van der Waals surface area contributed by atoms with Gasteiger partial charge in [0.15, 0.2) is 0 Å². The number of nitrogens with zero attached hydrogens (tertiary/aromatic N) is 1. The summed E-state index contributed by atoms with van der Waals surface area (Å²) in [7, 11) is 0. The lowest BCUT2D eigenvalue weighted by atomic mass is 9.82. The third-order valence-corrected chi connectivity index (χ3v) is 4.79. The highest BCUT2D eigenvalue weighted by atomic mass is 32.1. The van der Waals surface area contributed by atoms with Gasteiger partial charge < -0.3 is 11.1 Å². The second kappa shape index (κ2) is 7.01. The lowest BCUT2D eigenvalue weighted by molar-refractivity contribution is -0.118. The summed E-state index contributed by atoms with van der Waals surface area (Å²) in [6, 6.07) is 0.210. The average molecular weight is 281 g/mol. The highest BCUT2D eigenvalue weighted by Gasteiger charge is 2.24. The number of carbonyl (C=O) groups is 1. The van der Waals surface area contributed by atoms with Crippen LogP contribution in [0.4, 0.5) is 0 Å². The van der Waals surface area contributed by atoms with Crippen LogP contribution in [0, 0.1) is 12.8 Å². The van der Waals surface area contributed by atoms with Gasteiger partial charge in [0.25, 0.3) is 0 Å². The fourth-order valence-electron chi connectivity index (χ4n) is 2.86. The standard InChI is InChI=1S/C14H23N3OS/c1-10-9-19-14(17-10)8-16-12(7-13(15)18)11-5-3-2-4-6-11/h9,11-12,16H,2-8H2,1H3,(H2,15,18)/t12-/m1/s1. The van der Waals surface area contributed by atoms with Crippen molar-refractivity contribution in [1.82, 2.24) is 10.3 Å². The summed E-state index contributed by atoms with van der Waals surface area (Å²) >= 11 is 1.67. The molecule has 1 fully saturated rings. The molecule has 1 aromatic rings. The Bertz CT molecular complexity index is 413. The molecular weight excluding hydrogens is 258 g/mol. The van der Waals surface area contributed by atoms with Crippen LogP contribution in [0.15, 0.2) is 5.38 Å². The second-order valence-corrected chi connectivity index (χ2v) is 6.38. The molecule has 0 aliphatic heterocycles. The quantitative estimate of drug-likeness (QED) is 0.841. The molecule has 1 saturated carbocycles. The summed E-state index contributed by atoms with van der Waals surface area (Å²) in [4.78, 5) is 15.7. The molecule has 1 atom stereocenters. The summed E-state index contributed by atoms with van der Waals surface area (Å²) < 4.78 is 0. The Morgan fingerprint density at radius 1 is 1.53 bits per heavy atom. The number of hydrogen-bond acceptors (Lipinski definition) is 4. The number of rotatable bonds is 6. The molecule has 0 bridgehead atoms. The molecule has 0 saturated heterocycles. The van der Waals surface area contributed by atoms with Crippen molar-refractivity contribution in [2.45, 2.75) is 58.0 Å². The van der Waals surface area contributed by atoms with E-state index < -0.39 is 0 Å². The van der Waals surface area contributed by atoms with Gasteiger partial charge in [0.05, 0.1) is 0 Å². The van der Waals surface area contributed by atoms with Crippen LogP contribution in [0.25, 0.3) is 0 Å². The number of nitrogens with two attached hydrogens (primary N) is 1. The number of aryl methyl sites for hydroxylation is 1. The maximum Gasteiger partial charge on any atom is 0.218 e. The van der Waals surface area contributed by atoms with Crippen molar-refractivity contribution in [1.29, 1.82) is 0 Å². The van der Waals surface area contributed by atoms with Crippen molar-refractivity contribution >= 4 is 17.2 Å². The van der Waals surface area contributed by atoms with Crippen LogP contribution in [0.2, 0.25) is 0 Å². The Hall–Kier alpha value is -0.940. The Kier molecular flexibility index (Phi) is 5.34. The normalized spacial score (nSPS) is 18.4. The van der Waals surface area contributed by atoms with Gasteiger partial charge in [-0.05, 0) is 25.7 Å². The van der Waals surface area contributed by atoms with Crippen LogP contribution in [-0.2, 0) is 11.3 Å². The van der Waals surface area contributed by atoms with Crippen LogP contribution < -0.4 is 11.1 Å². The largest absolute Gasteiger partial charge is 0.370 e. The van der Waals surface area contributed by atoms with E-state index in [2.05, 4.69) is 15.7 Å². The summed E-state index contributed by atoms with van der Waals surface area (Å²) in [5.74, 6) is 0.376. The molecule has 0 unspecified atom stereocenters. The Labute approximate surface area is 118 Å². The first-order valence-corrected chi connectivity index (χ1v) is 7.96. The highest BCUT2D eigenvalue weighted by molar-refractivity contribution is 7.09. The van der Waals surface area contributed by atoms with Gasteiger partial charge in [-0.15, -0.1) is 11.3 Å². The first kappa shape index (κ1) is 14.5. The number of carbonyl (C=O) groups excluding carboxylic acids is 1. The molecule has 0 spiro atoms. The van der Waals surface area contributed by atoms with E-state index in [0.29, 0.717) is 12.3 Å². The van der Waals surface area contributed by atoms with Gasteiger partial charge in [0, 0.05) is 30.1 Å². The van der Waals surface area contributed by atoms with E-state index in [-0.39, 0.29) is 11.9 Å². The summed E-state index contributed by atoms with van der Waals surface area (Å²) in [6.45, 7) is 2.75. The van der Waals surface area contributed by atoms with Crippen molar-refractivity contribution in [3.8, 4) is 0 Å².